The van der Waals surface area contributed by atoms with Gasteiger partial charge >= 0.3 is 12.4 Å². The molecule has 0 radical (unpaired) electrons. The van der Waals surface area contributed by atoms with E-state index in [0.29, 0.717) is 24.3 Å². The summed E-state index contributed by atoms with van der Waals surface area (Å²) in [5, 5.41) is 20.8. The first-order chi connectivity index (χ1) is 14.8. The fraction of sp³-hybridized carbons (Fsp3) is 0.478. The van der Waals surface area contributed by atoms with Crippen LogP contribution in [0.2, 0.25) is 0 Å². The maximum atomic E-state index is 14.6. The summed E-state index contributed by atoms with van der Waals surface area (Å²) < 4.78 is 97.4. The van der Waals surface area contributed by atoms with Gasteiger partial charge in [0.2, 0.25) is 5.41 Å². The molecule has 0 spiro atoms. The van der Waals surface area contributed by atoms with E-state index in [9.17, 15) is 36.6 Å². The van der Waals surface area contributed by atoms with E-state index in [4.69, 9.17) is 9.47 Å². The first-order valence-electron chi connectivity index (χ1n) is 9.78. The predicted octanol–water partition coefficient (Wildman–Crippen LogP) is 5.57. The first-order valence-corrected chi connectivity index (χ1v) is 9.78. The molecule has 0 aliphatic rings. The molecule has 2 rings (SSSR count). The van der Waals surface area contributed by atoms with Crippen molar-refractivity contribution in [2.45, 2.75) is 56.7 Å². The Morgan fingerprint density at radius 2 is 0.909 bits per heavy atom. The third-order valence-corrected chi connectivity index (χ3v) is 5.43. The van der Waals surface area contributed by atoms with Gasteiger partial charge in [0.25, 0.3) is 0 Å². The number of alkyl halides is 6. The zero-order valence-electron chi connectivity index (χ0n) is 18.9. The molecule has 2 aromatic carbocycles. The van der Waals surface area contributed by atoms with Gasteiger partial charge in [0.05, 0.1) is 25.4 Å². The molecule has 0 aromatic heterocycles. The molecule has 184 valence electrons. The normalized spacial score (nSPS) is 13.8. The molecule has 33 heavy (non-hydrogen) atoms. The minimum absolute atomic E-state index is 0.0728. The molecule has 0 aliphatic carbocycles. The van der Waals surface area contributed by atoms with E-state index >= 15 is 0 Å². The Kier molecular flexibility index (Phi) is 6.81. The lowest BCUT2D eigenvalue weighted by Crippen LogP contribution is -2.55. The number of hydrogen-bond donors (Lipinski definition) is 2. The van der Waals surface area contributed by atoms with Crippen LogP contribution in [0.5, 0.6) is 11.5 Å². The van der Waals surface area contributed by atoms with E-state index in [1.54, 1.807) is 0 Å². The van der Waals surface area contributed by atoms with E-state index in [1.165, 1.54) is 41.9 Å². The lowest BCUT2D eigenvalue weighted by Gasteiger charge is -2.39. The molecule has 0 fully saturated rings. The van der Waals surface area contributed by atoms with Gasteiger partial charge in [-0.25, -0.2) is 0 Å². The van der Waals surface area contributed by atoms with Crippen LogP contribution >= 0.6 is 0 Å². The summed E-state index contributed by atoms with van der Waals surface area (Å²) in [6.07, 6.45) is -11.7. The van der Waals surface area contributed by atoms with E-state index < -0.39 is 40.1 Å². The third kappa shape index (κ3) is 4.63. The standard InChI is InChI=1S/C23H26F6O4/c1-19(2,30)15-11-13(7-9-17(15)32-5)21(22(24,25)26,23(27,28)29)14-8-10-18(33-6)16(12-14)20(3,4)31/h7-12,30-31H,1-6H3. The second-order valence-corrected chi connectivity index (χ2v) is 8.69. The molecule has 0 saturated carbocycles. The molecule has 0 aliphatic heterocycles. The van der Waals surface area contributed by atoms with Gasteiger partial charge in [0.1, 0.15) is 11.5 Å². The number of halogens is 6. The quantitative estimate of drug-likeness (QED) is 0.531. The van der Waals surface area contributed by atoms with E-state index in [1.807, 2.05) is 0 Å². The largest absolute Gasteiger partial charge is 0.496 e. The zero-order chi connectivity index (χ0) is 25.6. The summed E-state index contributed by atoms with van der Waals surface area (Å²) in [7, 11) is 2.37. The summed E-state index contributed by atoms with van der Waals surface area (Å²) in [6.45, 7) is 4.88. The van der Waals surface area contributed by atoms with Crippen LogP contribution in [-0.4, -0.2) is 36.8 Å². The molecular formula is C23H26F6O4. The smallest absolute Gasteiger partial charge is 0.411 e. The van der Waals surface area contributed by atoms with Gasteiger partial charge in [0.15, 0.2) is 0 Å². The molecule has 2 aromatic rings. The number of methoxy groups -OCH3 is 2. The van der Waals surface area contributed by atoms with Crippen molar-refractivity contribution in [3.8, 4) is 11.5 Å². The lowest BCUT2D eigenvalue weighted by atomic mass is 9.71. The number of hydrogen-bond acceptors (Lipinski definition) is 4. The van der Waals surface area contributed by atoms with Crippen molar-refractivity contribution in [1.29, 1.82) is 0 Å². The van der Waals surface area contributed by atoms with Gasteiger partial charge in [-0.1, -0.05) is 12.1 Å². The molecule has 0 amide bonds. The molecule has 10 heteroatoms. The Labute approximate surface area is 187 Å². The number of benzene rings is 2. The maximum absolute atomic E-state index is 14.6. The SMILES string of the molecule is COc1ccc(C(c2ccc(OC)c(C(C)(C)O)c2)(C(F)(F)F)C(F)(F)F)cc1C(C)(C)O. The van der Waals surface area contributed by atoms with Crippen molar-refractivity contribution in [2.24, 2.45) is 0 Å². The van der Waals surface area contributed by atoms with E-state index in [0.717, 1.165) is 12.1 Å². The third-order valence-electron chi connectivity index (χ3n) is 5.43. The fourth-order valence-electron chi connectivity index (χ4n) is 3.82. The second kappa shape index (κ2) is 8.39. The van der Waals surface area contributed by atoms with Crippen LogP contribution in [0.3, 0.4) is 0 Å². The van der Waals surface area contributed by atoms with Crippen molar-refractivity contribution in [3.05, 3.63) is 58.7 Å². The molecule has 4 nitrogen and oxygen atoms in total. The van der Waals surface area contributed by atoms with Gasteiger partial charge in [0, 0.05) is 11.1 Å². The van der Waals surface area contributed by atoms with Crippen molar-refractivity contribution < 1.29 is 46.0 Å². The summed E-state index contributed by atoms with van der Waals surface area (Å²) in [5.41, 5.74) is -10.9. The zero-order valence-corrected chi connectivity index (χ0v) is 18.9. The summed E-state index contributed by atoms with van der Waals surface area (Å²) in [4.78, 5) is 0. The van der Waals surface area contributed by atoms with Crippen LogP contribution in [0, 0.1) is 0 Å². The van der Waals surface area contributed by atoms with Crippen LogP contribution in [0.4, 0.5) is 26.3 Å². The predicted molar refractivity (Wildman–Crippen MR) is 109 cm³/mol. The van der Waals surface area contributed by atoms with Crippen molar-refractivity contribution in [1.82, 2.24) is 0 Å². The highest BCUT2D eigenvalue weighted by molar-refractivity contribution is 5.53. The number of ether oxygens (including phenoxy) is 2. The second-order valence-electron chi connectivity index (χ2n) is 8.69. The molecule has 0 saturated heterocycles. The van der Waals surface area contributed by atoms with Crippen molar-refractivity contribution in [3.63, 3.8) is 0 Å². The summed E-state index contributed by atoms with van der Waals surface area (Å²) in [5.74, 6) is -0.146. The molecule has 0 bridgehead atoms. The van der Waals surface area contributed by atoms with E-state index in [-0.39, 0.29) is 22.6 Å². The molecular weight excluding hydrogens is 454 g/mol. The topological polar surface area (TPSA) is 58.9 Å². The van der Waals surface area contributed by atoms with Crippen molar-refractivity contribution in [2.75, 3.05) is 14.2 Å². The van der Waals surface area contributed by atoms with Crippen LogP contribution in [0.1, 0.15) is 49.9 Å². The summed E-state index contributed by atoms with van der Waals surface area (Å²) in [6, 6.07) is 4.54. The Morgan fingerprint density at radius 3 is 1.12 bits per heavy atom. The van der Waals surface area contributed by atoms with Gasteiger partial charge in [-0.05, 0) is 63.1 Å². The Hall–Kier alpha value is -2.46. The van der Waals surface area contributed by atoms with E-state index in [2.05, 4.69) is 0 Å². The number of rotatable bonds is 6. The Bertz CT molecular complexity index is 916. The minimum atomic E-state index is -5.85. The highest BCUT2D eigenvalue weighted by atomic mass is 19.4. The highest BCUT2D eigenvalue weighted by Gasteiger charge is 2.72. The summed E-state index contributed by atoms with van der Waals surface area (Å²) >= 11 is 0. The Morgan fingerprint density at radius 1 is 0.606 bits per heavy atom. The highest BCUT2D eigenvalue weighted by Crippen LogP contribution is 2.57. The fourth-order valence-corrected chi connectivity index (χ4v) is 3.82. The maximum Gasteiger partial charge on any atom is 0.411 e. The van der Waals surface area contributed by atoms with Crippen LogP contribution in [0.25, 0.3) is 0 Å². The Balaban J connectivity index is 3.08. The molecule has 0 unspecified atom stereocenters. The van der Waals surface area contributed by atoms with Crippen LogP contribution < -0.4 is 9.47 Å². The van der Waals surface area contributed by atoms with Gasteiger partial charge in [-0.2, -0.15) is 26.3 Å². The lowest BCUT2D eigenvalue weighted by molar-refractivity contribution is -0.288. The first kappa shape index (κ1) is 26.8. The average Bonchev–Trinajstić information content (AvgIpc) is 2.64. The van der Waals surface area contributed by atoms with Crippen LogP contribution in [-0.2, 0) is 16.6 Å². The molecule has 0 atom stereocenters. The number of aliphatic hydroxyl groups is 2. The van der Waals surface area contributed by atoms with Crippen LogP contribution in [0.15, 0.2) is 36.4 Å². The average molecular weight is 480 g/mol. The van der Waals surface area contributed by atoms with Gasteiger partial charge in [-0.3, -0.25) is 0 Å². The minimum Gasteiger partial charge on any atom is -0.496 e. The van der Waals surface area contributed by atoms with Gasteiger partial charge in [-0.15, -0.1) is 0 Å². The van der Waals surface area contributed by atoms with Crippen molar-refractivity contribution >= 4 is 0 Å². The monoisotopic (exact) mass is 480 g/mol. The van der Waals surface area contributed by atoms with Gasteiger partial charge < -0.3 is 19.7 Å². The molecule has 0 heterocycles. The molecule has 2 N–H and O–H groups in total.